The maximum Gasteiger partial charge on any atom is 0.188 e. The molecular weight excluding hydrogens is 260 g/mol. The highest BCUT2D eigenvalue weighted by Crippen LogP contribution is 2.36. The van der Waals surface area contributed by atoms with Gasteiger partial charge in [0.15, 0.2) is 19.9 Å². The molecule has 0 saturated carbocycles. The molecule has 2 aromatic carbocycles. The number of aldehydes is 1. The van der Waals surface area contributed by atoms with Gasteiger partial charge in [-0.05, 0) is 17.5 Å². The molecule has 0 aromatic heterocycles. The van der Waals surface area contributed by atoms with Gasteiger partial charge in [0.25, 0.3) is 0 Å². The average Bonchev–Trinajstić information content (AvgIpc) is 2.50. The van der Waals surface area contributed by atoms with Crippen molar-refractivity contribution < 1.29 is 23.7 Å². The van der Waals surface area contributed by atoms with Crippen LogP contribution in [-0.4, -0.2) is 34.1 Å². The second-order valence-electron chi connectivity index (χ2n) is 4.06. The molecule has 5 heteroatoms. The van der Waals surface area contributed by atoms with Crippen LogP contribution in [0.2, 0.25) is 0 Å². The van der Waals surface area contributed by atoms with E-state index < -0.39 is 0 Å². The monoisotopic (exact) mass is 276 g/mol. The van der Waals surface area contributed by atoms with E-state index in [0.717, 1.165) is 17.1 Å². The van der Waals surface area contributed by atoms with E-state index in [0.29, 0.717) is 17.1 Å². The zero-order valence-electron chi connectivity index (χ0n) is 11.4. The predicted octanol–water partition coefficient (Wildman–Crippen LogP) is 2.62. The first-order valence-electron chi connectivity index (χ1n) is 6.06. The zero-order valence-corrected chi connectivity index (χ0v) is 11.4. The van der Waals surface area contributed by atoms with Crippen LogP contribution in [0.15, 0.2) is 30.3 Å². The number of hydrogen-bond donors (Lipinski definition) is 0. The highest BCUT2D eigenvalue weighted by molar-refractivity contribution is 5.99. The first kappa shape index (κ1) is 14.3. The number of benzene rings is 2. The van der Waals surface area contributed by atoms with Crippen LogP contribution in [0.3, 0.4) is 0 Å². The summed E-state index contributed by atoms with van der Waals surface area (Å²) < 4.78 is 20.9. The molecule has 0 atom stereocenters. The molecule has 0 aliphatic heterocycles. The van der Waals surface area contributed by atoms with Crippen LogP contribution in [-0.2, 0) is 9.47 Å². The zero-order chi connectivity index (χ0) is 14.4. The predicted molar refractivity (Wildman–Crippen MR) is 74.3 cm³/mol. The van der Waals surface area contributed by atoms with Crippen molar-refractivity contribution in [2.75, 3.05) is 27.8 Å². The fourth-order valence-electron chi connectivity index (χ4n) is 1.94. The van der Waals surface area contributed by atoms with Gasteiger partial charge in [-0.15, -0.1) is 0 Å². The quantitative estimate of drug-likeness (QED) is 0.574. The third-order valence-corrected chi connectivity index (χ3v) is 2.77. The van der Waals surface area contributed by atoms with Crippen molar-refractivity contribution in [3.05, 3.63) is 35.9 Å². The van der Waals surface area contributed by atoms with Crippen LogP contribution in [0.4, 0.5) is 0 Å². The molecule has 0 fully saturated rings. The average molecular weight is 276 g/mol. The van der Waals surface area contributed by atoms with Crippen LogP contribution in [0.5, 0.6) is 11.5 Å². The minimum atomic E-state index is 0.0541. The second kappa shape index (κ2) is 6.88. The van der Waals surface area contributed by atoms with Crippen LogP contribution in [0.25, 0.3) is 10.8 Å². The van der Waals surface area contributed by atoms with Crippen molar-refractivity contribution in [3.8, 4) is 11.5 Å². The molecule has 0 spiro atoms. The summed E-state index contributed by atoms with van der Waals surface area (Å²) in [7, 11) is 3.07. The Morgan fingerprint density at radius 1 is 1.00 bits per heavy atom. The molecule has 0 N–H and O–H groups in total. The number of carbonyl (C=O) groups excluding carboxylic acids is 1. The smallest absolute Gasteiger partial charge is 0.188 e. The summed E-state index contributed by atoms with van der Waals surface area (Å²) >= 11 is 0. The minimum Gasteiger partial charge on any atom is -0.467 e. The maximum absolute atomic E-state index is 11.2. The van der Waals surface area contributed by atoms with Crippen LogP contribution >= 0.6 is 0 Å². The lowest BCUT2D eigenvalue weighted by atomic mass is 10.0. The van der Waals surface area contributed by atoms with E-state index in [1.807, 2.05) is 18.2 Å². The highest BCUT2D eigenvalue weighted by atomic mass is 16.7. The molecule has 20 heavy (non-hydrogen) atoms. The standard InChI is InChI=1S/C15H16O5/c1-17-9-19-13-5-3-4-11-6-7-12(8-16)15(14(11)13)20-10-18-2/h3-8H,9-10H2,1-2H3. The van der Waals surface area contributed by atoms with Gasteiger partial charge >= 0.3 is 0 Å². The molecule has 106 valence electrons. The van der Waals surface area contributed by atoms with Gasteiger partial charge in [0.1, 0.15) is 11.5 Å². The van der Waals surface area contributed by atoms with Crippen molar-refractivity contribution in [2.45, 2.75) is 0 Å². The van der Waals surface area contributed by atoms with Crippen molar-refractivity contribution in [1.82, 2.24) is 0 Å². The summed E-state index contributed by atoms with van der Waals surface area (Å²) in [5.41, 5.74) is 0.447. The maximum atomic E-state index is 11.2. The van der Waals surface area contributed by atoms with Gasteiger partial charge < -0.3 is 18.9 Å². The number of ether oxygens (including phenoxy) is 4. The molecule has 2 aromatic rings. The highest BCUT2D eigenvalue weighted by Gasteiger charge is 2.13. The Kier molecular flexibility index (Phi) is 4.92. The normalized spacial score (nSPS) is 10.5. The topological polar surface area (TPSA) is 54.0 Å². The molecule has 0 bridgehead atoms. The number of methoxy groups -OCH3 is 2. The fourth-order valence-corrected chi connectivity index (χ4v) is 1.94. The Balaban J connectivity index is 2.58. The first-order chi connectivity index (χ1) is 9.81. The van der Waals surface area contributed by atoms with Crippen LogP contribution in [0, 0.1) is 0 Å². The van der Waals surface area contributed by atoms with Gasteiger partial charge in [-0.25, -0.2) is 0 Å². The number of fused-ring (bicyclic) bond motifs is 1. The van der Waals surface area contributed by atoms with Gasteiger partial charge in [0.2, 0.25) is 0 Å². The van der Waals surface area contributed by atoms with E-state index in [4.69, 9.17) is 18.9 Å². The Labute approximate surface area is 117 Å². The van der Waals surface area contributed by atoms with Crippen molar-refractivity contribution in [1.29, 1.82) is 0 Å². The molecule has 0 heterocycles. The Morgan fingerprint density at radius 2 is 1.75 bits per heavy atom. The summed E-state index contributed by atoms with van der Waals surface area (Å²) in [5, 5.41) is 1.64. The lowest BCUT2D eigenvalue weighted by Gasteiger charge is -2.14. The van der Waals surface area contributed by atoms with Crippen molar-refractivity contribution in [2.24, 2.45) is 0 Å². The molecular formula is C15H16O5. The summed E-state index contributed by atoms with van der Waals surface area (Å²) in [6, 6.07) is 9.14. The largest absolute Gasteiger partial charge is 0.467 e. The first-order valence-corrected chi connectivity index (χ1v) is 6.06. The van der Waals surface area contributed by atoms with Crippen LogP contribution < -0.4 is 9.47 Å². The molecule has 5 nitrogen and oxygen atoms in total. The van der Waals surface area contributed by atoms with E-state index in [2.05, 4.69) is 0 Å². The summed E-state index contributed by atoms with van der Waals surface area (Å²) in [6.07, 6.45) is 0.748. The SMILES string of the molecule is COCOc1cccc2ccc(C=O)c(OCOC)c12. The Morgan fingerprint density at radius 3 is 2.45 bits per heavy atom. The fraction of sp³-hybridized carbons (Fsp3) is 0.267. The second-order valence-corrected chi connectivity index (χ2v) is 4.06. The van der Waals surface area contributed by atoms with Gasteiger partial charge in [0, 0.05) is 14.2 Å². The molecule has 0 aliphatic rings. The molecule has 0 aliphatic carbocycles. The molecule has 0 saturated heterocycles. The summed E-state index contributed by atoms with van der Waals surface area (Å²) in [6.45, 7) is 0.173. The van der Waals surface area contributed by atoms with E-state index in [9.17, 15) is 4.79 Å². The molecule has 0 radical (unpaired) electrons. The summed E-state index contributed by atoms with van der Waals surface area (Å²) in [4.78, 5) is 11.2. The number of rotatable bonds is 7. The third-order valence-electron chi connectivity index (χ3n) is 2.77. The lowest BCUT2D eigenvalue weighted by molar-refractivity contribution is 0.0482. The Hall–Kier alpha value is -2.11. The van der Waals surface area contributed by atoms with E-state index >= 15 is 0 Å². The molecule has 0 amide bonds. The van der Waals surface area contributed by atoms with E-state index in [1.54, 1.807) is 19.2 Å². The van der Waals surface area contributed by atoms with E-state index in [1.165, 1.54) is 7.11 Å². The summed E-state index contributed by atoms with van der Waals surface area (Å²) in [5.74, 6) is 1.05. The van der Waals surface area contributed by atoms with Gasteiger partial charge in [-0.1, -0.05) is 18.2 Å². The number of hydrogen-bond acceptors (Lipinski definition) is 5. The Bertz CT molecular complexity index is 594. The van der Waals surface area contributed by atoms with Gasteiger partial charge in [0.05, 0.1) is 10.9 Å². The van der Waals surface area contributed by atoms with Gasteiger partial charge in [-0.3, -0.25) is 4.79 Å². The lowest BCUT2D eigenvalue weighted by Crippen LogP contribution is -2.04. The van der Waals surface area contributed by atoms with Gasteiger partial charge in [-0.2, -0.15) is 0 Å². The molecule has 2 rings (SSSR count). The van der Waals surface area contributed by atoms with E-state index in [-0.39, 0.29) is 13.6 Å². The van der Waals surface area contributed by atoms with Crippen molar-refractivity contribution >= 4 is 17.1 Å². The molecule has 0 unspecified atom stereocenters. The van der Waals surface area contributed by atoms with Crippen LogP contribution in [0.1, 0.15) is 10.4 Å². The third kappa shape index (κ3) is 2.89. The number of carbonyl (C=O) groups is 1. The van der Waals surface area contributed by atoms with Crippen molar-refractivity contribution in [3.63, 3.8) is 0 Å². The minimum absolute atomic E-state index is 0.0541.